The van der Waals surface area contributed by atoms with E-state index in [0.29, 0.717) is 6.54 Å². The molecule has 0 aliphatic carbocycles. The van der Waals surface area contributed by atoms with Gasteiger partial charge < -0.3 is 15.0 Å². The molecule has 0 spiro atoms. The van der Waals surface area contributed by atoms with Gasteiger partial charge in [-0.3, -0.25) is 4.79 Å². The molecule has 7 heteroatoms. The standard InChI is InChI=1S/C19H24N4O2S/c24-19(20-13-15-3-1-11-25-15)14-7-9-23(10-8-14)18-6-5-16(21-22-18)17-4-2-12-26-17/h2,4-6,12,14-15H,1,3,7-11,13H2,(H,20,24)/t15-/m0/s1. The average molecular weight is 372 g/mol. The maximum Gasteiger partial charge on any atom is 0.223 e. The van der Waals surface area contributed by atoms with Crippen molar-refractivity contribution in [3.05, 3.63) is 29.6 Å². The van der Waals surface area contributed by atoms with Crippen LogP contribution in [0.4, 0.5) is 5.82 Å². The molecule has 2 aromatic heterocycles. The number of carbonyl (C=O) groups excluding carboxylic acids is 1. The third-order valence-electron chi connectivity index (χ3n) is 5.14. The van der Waals surface area contributed by atoms with Gasteiger partial charge in [-0.1, -0.05) is 6.07 Å². The number of rotatable bonds is 5. The van der Waals surface area contributed by atoms with E-state index in [-0.39, 0.29) is 17.9 Å². The Kier molecular flexibility index (Phi) is 5.45. The number of thiophene rings is 1. The lowest BCUT2D eigenvalue weighted by Gasteiger charge is -2.32. The van der Waals surface area contributed by atoms with Gasteiger partial charge >= 0.3 is 0 Å². The molecule has 4 heterocycles. The fraction of sp³-hybridized carbons (Fsp3) is 0.526. The van der Waals surface area contributed by atoms with Crippen LogP contribution in [-0.2, 0) is 9.53 Å². The maximum absolute atomic E-state index is 12.4. The number of piperidine rings is 1. The quantitative estimate of drug-likeness (QED) is 0.874. The molecule has 138 valence electrons. The molecule has 26 heavy (non-hydrogen) atoms. The van der Waals surface area contributed by atoms with E-state index >= 15 is 0 Å². The minimum absolute atomic E-state index is 0.0889. The van der Waals surface area contributed by atoms with Crippen LogP contribution in [0, 0.1) is 5.92 Å². The van der Waals surface area contributed by atoms with Crippen LogP contribution in [0.15, 0.2) is 29.6 Å². The van der Waals surface area contributed by atoms with Gasteiger partial charge in [0.2, 0.25) is 5.91 Å². The molecule has 2 aliphatic rings. The third kappa shape index (κ3) is 4.04. The second-order valence-corrected chi connectivity index (χ2v) is 7.84. The first-order valence-corrected chi connectivity index (χ1v) is 10.2. The zero-order chi connectivity index (χ0) is 17.8. The summed E-state index contributed by atoms with van der Waals surface area (Å²) in [5.41, 5.74) is 0.909. The smallest absolute Gasteiger partial charge is 0.223 e. The summed E-state index contributed by atoms with van der Waals surface area (Å²) in [4.78, 5) is 15.7. The molecular formula is C19H24N4O2S. The number of ether oxygens (including phenoxy) is 1. The zero-order valence-electron chi connectivity index (χ0n) is 14.8. The minimum Gasteiger partial charge on any atom is -0.376 e. The lowest BCUT2D eigenvalue weighted by molar-refractivity contribution is -0.126. The molecule has 2 aliphatic heterocycles. The molecule has 0 radical (unpaired) electrons. The number of aromatic nitrogens is 2. The van der Waals surface area contributed by atoms with Crippen LogP contribution >= 0.6 is 11.3 Å². The fourth-order valence-electron chi connectivity index (χ4n) is 3.58. The van der Waals surface area contributed by atoms with Crippen molar-refractivity contribution in [1.29, 1.82) is 0 Å². The van der Waals surface area contributed by atoms with Crippen molar-refractivity contribution in [1.82, 2.24) is 15.5 Å². The number of nitrogens with one attached hydrogen (secondary N) is 1. The van der Waals surface area contributed by atoms with Crippen molar-refractivity contribution in [2.75, 3.05) is 31.1 Å². The van der Waals surface area contributed by atoms with Gasteiger partial charge in [-0.25, -0.2) is 0 Å². The molecule has 2 fully saturated rings. The first-order valence-electron chi connectivity index (χ1n) is 9.31. The van der Waals surface area contributed by atoms with Crippen LogP contribution in [0.1, 0.15) is 25.7 Å². The van der Waals surface area contributed by atoms with Crippen LogP contribution in [0.25, 0.3) is 10.6 Å². The molecule has 2 aromatic rings. The third-order valence-corrected chi connectivity index (χ3v) is 6.03. The molecule has 2 saturated heterocycles. The summed E-state index contributed by atoms with van der Waals surface area (Å²) in [5.74, 6) is 1.15. The van der Waals surface area contributed by atoms with Gasteiger partial charge in [0.15, 0.2) is 5.82 Å². The summed E-state index contributed by atoms with van der Waals surface area (Å²) in [6.45, 7) is 3.15. The number of nitrogens with zero attached hydrogens (tertiary/aromatic N) is 3. The van der Waals surface area contributed by atoms with E-state index in [2.05, 4.69) is 26.5 Å². The maximum atomic E-state index is 12.4. The Morgan fingerprint density at radius 1 is 1.23 bits per heavy atom. The Balaban J connectivity index is 1.27. The average Bonchev–Trinajstić information content (AvgIpc) is 3.40. The Bertz CT molecular complexity index is 706. The van der Waals surface area contributed by atoms with Gasteiger partial charge in [0, 0.05) is 32.2 Å². The Hall–Kier alpha value is -1.99. The van der Waals surface area contributed by atoms with Gasteiger partial charge in [0.25, 0.3) is 0 Å². The van der Waals surface area contributed by atoms with Crippen LogP contribution in [-0.4, -0.2) is 48.4 Å². The lowest BCUT2D eigenvalue weighted by atomic mass is 9.96. The van der Waals surface area contributed by atoms with Gasteiger partial charge in [-0.2, -0.15) is 0 Å². The first kappa shape index (κ1) is 17.4. The van der Waals surface area contributed by atoms with E-state index in [4.69, 9.17) is 4.74 Å². The molecule has 1 atom stereocenters. The number of hydrogen-bond donors (Lipinski definition) is 1. The van der Waals surface area contributed by atoms with E-state index in [9.17, 15) is 4.79 Å². The largest absolute Gasteiger partial charge is 0.376 e. The van der Waals surface area contributed by atoms with Crippen LogP contribution < -0.4 is 10.2 Å². The van der Waals surface area contributed by atoms with Crippen molar-refractivity contribution in [2.45, 2.75) is 31.8 Å². The van der Waals surface area contributed by atoms with E-state index in [1.165, 1.54) is 0 Å². The molecule has 4 rings (SSSR count). The predicted octanol–water partition coefficient (Wildman–Crippen LogP) is 2.72. The molecule has 6 nitrogen and oxygen atoms in total. The molecule has 0 saturated carbocycles. The summed E-state index contributed by atoms with van der Waals surface area (Å²) in [5, 5.41) is 13.8. The molecule has 0 aromatic carbocycles. The topological polar surface area (TPSA) is 67.3 Å². The van der Waals surface area contributed by atoms with Crippen molar-refractivity contribution in [2.24, 2.45) is 5.92 Å². The van der Waals surface area contributed by atoms with Gasteiger partial charge in [0.05, 0.1) is 11.0 Å². The summed E-state index contributed by atoms with van der Waals surface area (Å²) in [6, 6.07) is 8.12. The zero-order valence-corrected chi connectivity index (χ0v) is 15.6. The summed E-state index contributed by atoms with van der Waals surface area (Å²) < 4.78 is 5.56. The molecule has 1 amide bonds. The second-order valence-electron chi connectivity index (χ2n) is 6.90. The summed E-state index contributed by atoms with van der Waals surface area (Å²) in [7, 11) is 0. The van der Waals surface area contributed by atoms with Crippen molar-refractivity contribution < 1.29 is 9.53 Å². The highest BCUT2D eigenvalue weighted by Gasteiger charge is 2.26. The first-order chi connectivity index (χ1) is 12.8. The van der Waals surface area contributed by atoms with E-state index < -0.39 is 0 Å². The van der Waals surface area contributed by atoms with Crippen LogP contribution in [0.2, 0.25) is 0 Å². The number of carbonyl (C=O) groups is 1. The van der Waals surface area contributed by atoms with Gasteiger partial charge in [-0.05, 0) is 49.3 Å². The van der Waals surface area contributed by atoms with Crippen LogP contribution in [0.5, 0.6) is 0 Å². The van der Waals surface area contributed by atoms with Crippen molar-refractivity contribution >= 4 is 23.1 Å². The molecule has 0 unspecified atom stereocenters. The summed E-state index contributed by atoms with van der Waals surface area (Å²) in [6.07, 6.45) is 4.07. The van der Waals surface area contributed by atoms with E-state index in [1.807, 2.05) is 23.6 Å². The van der Waals surface area contributed by atoms with E-state index in [1.54, 1.807) is 11.3 Å². The monoisotopic (exact) mass is 372 g/mol. The van der Waals surface area contributed by atoms with Crippen LogP contribution in [0.3, 0.4) is 0 Å². The minimum atomic E-state index is 0.0889. The highest BCUT2D eigenvalue weighted by atomic mass is 32.1. The number of anilines is 1. The van der Waals surface area contributed by atoms with Crippen molar-refractivity contribution in [3.8, 4) is 10.6 Å². The Morgan fingerprint density at radius 3 is 2.77 bits per heavy atom. The lowest BCUT2D eigenvalue weighted by Crippen LogP contribution is -2.42. The van der Waals surface area contributed by atoms with E-state index in [0.717, 1.165) is 61.8 Å². The normalized spacial score (nSPS) is 21.1. The highest BCUT2D eigenvalue weighted by Crippen LogP contribution is 2.25. The molecular weight excluding hydrogens is 348 g/mol. The van der Waals surface area contributed by atoms with Gasteiger partial charge in [0.1, 0.15) is 5.69 Å². The van der Waals surface area contributed by atoms with Crippen molar-refractivity contribution in [3.63, 3.8) is 0 Å². The fourth-order valence-corrected chi connectivity index (χ4v) is 4.27. The second kappa shape index (κ2) is 8.14. The molecule has 0 bridgehead atoms. The highest BCUT2D eigenvalue weighted by molar-refractivity contribution is 7.13. The number of hydrogen-bond acceptors (Lipinski definition) is 6. The predicted molar refractivity (Wildman–Crippen MR) is 102 cm³/mol. The Labute approximate surface area is 157 Å². The Morgan fingerprint density at radius 2 is 2.12 bits per heavy atom. The number of amides is 1. The van der Waals surface area contributed by atoms with Gasteiger partial charge in [-0.15, -0.1) is 21.5 Å². The molecule has 1 N–H and O–H groups in total. The summed E-state index contributed by atoms with van der Waals surface area (Å²) >= 11 is 1.67. The SMILES string of the molecule is O=C(NC[C@@H]1CCCO1)C1CCN(c2ccc(-c3cccs3)nn2)CC1.